The van der Waals surface area contributed by atoms with Crippen LogP contribution in [0.3, 0.4) is 0 Å². The normalized spacial score (nSPS) is 9.07. The van der Waals surface area contributed by atoms with Gasteiger partial charge in [-0.3, -0.25) is 0 Å². The monoisotopic (exact) mass is 264 g/mol. The first kappa shape index (κ1) is 14.3. The van der Waals surface area contributed by atoms with E-state index >= 15 is 0 Å². The smallest absolute Gasteiger partial charge is 1.00 e. The minimum Gasteiger partial charge on any atom is -1.00 e. The molecule has 14 heavy (non-hydrogen) atoms. The Labute approximate surface area is 118 Å². The van der Waals surface area contributed by atoms with Gasteiger partial charge in [-0.2, -0.15) is 0 Å². The van der Waals surface area contributed by atoms with Crippen molar-refractivity contribution in [3.8, 4) is 0 Å². The molecule has 1 rings (SSSR count). The van der Waals surface area contributed by atoms with Gasteiger partial charge >= 0.3 is 29.6 Å². The maximum atomic E-state index is 10.1. The number of halogens is 3. The summed E-state index contributed by atoms with van der Waals surface area (Å²) in [5.41, 5.74) is 1.91. The number of benzene rings is 1. The Bertz CT molecular complexity index is 343. The van der Waals surface area contributed by atoms with Crippen molar-refractivity contribution in [2.45, 2.75) is 0 Å². The van der Waals surface area contributed by atoms with E-state index in [0.29, 0.717) is 5.02 Å². The second kappa shape index (κ2) is 6.00. The maximum absolute atomic E-state index is 10.1. The van der Waals surface area contributed by atoms with Crippen LogP contribution in [0.4, 0.5) is 5.69 Å². The Balaban J connectivity index is 0. The topological polar surface area (TPSA) is 55.2 Å². The molecule has 0 spiro atoms. The fraction of sp³-hybridized carbons (Fsp3) is 0. The van der Waals surface area contributed by atoms with Crippen molar-refractivity contribution in [1.29, 1.82) is 0 Å². The molecule has 0 aromatic heterocycles. The van der Waals surface area contributed by atoms with Gasteiger partial charge in [0.1, 0.15) is 5.69 Å². The van der Waals surface area contributed by atoms with E-state index in [1.165, 1.54) is 12.1 Å². The number of hydrogen-bond acceptors (Lipinski definition) is 2. The third-order valence-electron chi connectivity index (χ3n) is 1.21. The Kier molecular flexibility index (Phi) is 6.12. The second-order valence-electron chi connectivity index (χ2n) is 2.11. The fourth-order valence-corrected chi connectivity index (χ4v) is 1.64. The van der Waals surface area contributed by atoms with Crippen LogP contribution in [0.5, 0.6) is 0 Å². The predicted molar refractivity (Wildman–Crippen MR) is 53.2 cm³/mol. The van der Waals surface area contributed by atoms with Crippen LogP contribution in [0.2, 0.25) is 15.1 Å². The summed E-state index contributed by atoms with van der Waals surface area (Å²) in [6.45, 7) is 0. The Hall–Kier alpha value is 0.290. The van der Waals surface area contributed by atoms with Crippen molar-refractivity contribution in [3.63, 3.8) is 0 Å². The molecule has 0 bridgehead atoms. The number of hydrazine groups is 1. The molecule has 0 amide bonds. The molecule has 0 saturated carbocycles. The molecule has 0 unspecified atom stereocenters. The second-order valence-corrected chi connectivity index (χ2v) is 3.36. The Morgan fingerprint density at radius 1 is 1.29 bits per heavy atom. The predicted octanol–water partition coefficient (Wildman–Crippen LogP) is 0.367. The third-order valence-corrected chi connectivity index (χ3v) is 2.02. The molecule has 0 saturated heterocycles. The van der Waals surface area contributed by atoms with E-state index in [4.69, 9.17) is 34.8 Å². The van der Waals surface area contributed by atoms with Gasteiger partial charge in [-0.05, 0) is 12.1 Å². The van der Waals surface area contributed by atoms with Crippen LogP contribution in [0.15, 0.2) is 12.1 Å². The summed E-state index contributed by atoms with van der Waals surface area (Å²) in [4.78, 5) is 10.1. The SMILES string of the molecule is O=[N+]([O-])Nc1c(Cl)cc(Cl)cc1Cl.[H-].[Na+]. The first-order chi connectivity index (χ1) is 6.00. The van der Waals surface area contributed by atoms with E-state index in [1.807, 2.05) is 5.43 Å². The zero-order chi connectivity index (χ0) is 10.0. The molecule has 72 valence electrons. The summed E-state index contributed by atoms with van der Waals surface area (Å²) in [6.07, 6.45) is 0. The standard InChI is InChI=1S/C6H3Cl3N2O2.Na.H/c7-3-1-4(8)6(5(9)2-3)10-11(12)13;;/h1-2,10H;;/q;+1;-1. The quantitative estimate of drug-likeness (QED) is 0.477. The summed E-state index contributed by atoms with van der Waals surface area (Å²) in [5.74, 6) is 0. The van der Waals surface area contributed by atoms with E-state index < -0.39 is 5.03 Å². The van der Waals surface area contributed by atoms with Crippen LogP contribution >= 0.6 is 34.8 Å². The zero-order valence-electron chi connectivity index (χ0n) is 8.05. The molecule has 0 atom stereocenters. The fourth-order valence-electron chi connectivity index (χ4n) is 0.740. The van der Waals surface area contributed by atoms with Crippen molar-refractivity contribution in [3.05, 3.63) is 37.3 Å². The zero-order valence-corrected chi connectivity index (χ0v) is 11.3. The number of rotatable bonds is 2. The number of nitro groups is 1. The van der Waals surface area contributed by atoms with Crippen LogP contribution in [0.1, 0.15) is 1.43 Å². The summed E-state index contributed by atoms with van der Waals surface area (Å²) < 4.78 is 0. The van der Waals surface area contributed by atoms with Gasteiger partial charge in [0, 0.05) is 5.02 Å². The molecule has 0 aliphatic carbocycles. The molecular weight excluding hydrogens is 261 g/mol. The molecule has 4 nitrogen and oxygen atoms in total. The van der Waals surface area contributed by atoms with Gasteiger partial charge in [0.2, 0.25) is 0 Å². The minimum atomic E-state index is -0.749. The molecule has 1 aromatic carbocycles. The van der Waals surface area contributed by atoms with Crippen molar-refractivity contribution < 1.29 is 36.0 Å². The molecule has 0 aliphatic rings. The van der Waals surface area contributed by atoms with Crippen LogP contribution in [0.25, 0.3) is 0 Å². The molecule has 0 fully saturated rings. The van der Waals surface area contributed by atoms with Crippen LogP contribution in [0, 0.1) is 10.1 Å². The summed E-state index contributed by atoms with van der Waals surface area (Å²) >= 11 is 16.9. The summed E-state index contributed by atoms with van der Waals surface area (Å²) in [5, 5.41) is 9.89. The van der Waals surface area contributed by atoms with Gasteiger partial charge in [-0.1, -0.05) is 34.8 Å². The minimum absolute atomic E-state index is 0. The van der Waals surface area contributed by atoms with Crippen molar-refractivity contribution in [2.75, 3.05) is 5.43 Å². The average molecular weight is 265 g/mol. The number of anilines is 1. The van der Waals surface area contributed by atoms with Gasteiger partial charge in [-0.25, -0.2) is 10.1 Å². The van der Waals surface area contributed by atoms with Crippen LogP contribution < -0.4 is 35.0 Å². The van der Waals surface area contributed by atoms with Gasteiger partial charge in [0.15, 0.2) is 5.03 Å². The number of nitrogens with zero attached hydrogens (tertiary/aromatic N) is 1. The van der Waals surface area contributed by atoms with E-state index in [2.05, 4.69) is 0 Å². The first-order valence-electron chi connectivity index (χ1n) is 3.06. The van der Waals surface area contributed by atoms with Crippen molar-refractivity contribution in [1.82, 2.24) is 0 Å². The third kappa shape index (κ3) is 3.81. The molecule has 1 N–H and O–H groups in total. The summed E-state index contributed by atoms with van der Waals surface area (Å²) in [6, 6.07) is 2.72. The first-order valence-corrected chi connectivity index (χ1v) is 4.19. The molecule has 0 aliphatic heterocycles. The summed E-state index contributed by atoms with van der Waals surface area (Å²) in [7, 11) is 0. The number of hydrogen-bond donors (Lipinski definition) is 1. The van der Waals surface area contributed by atoms with Gasteiger partial charge in [-0.15, -0.1) is 5.43 Å². The van der Waals surface area contributed by atoms with Gasteiger partial charge in [0.05, 0.1) is 10.0 Å². The largest absolute Gasteiger partial charge is 1.00 e. The molecular formula is C6H4Cl3N2NaO2. The van der Waals surface area contributed by atoms with Gasteiger partial charge < -0.3 is 1.43 Å². The maximum Gasteiger partial charge on any atom is 1.00 e. The number of nitrogens with one attached hydrogen (secondary N) is 1. The molecule has 0 radical (unpaired) electrons. The van der Waals surface area contributed by atoms with Crippen LogP contribution in [-0.2, 0) is 0 Å². The van der Waals surface area contributed by atoms with Crippen molar-refractivity contribution in [2.24, 2.45) is 0 Å². The molecule has 8 heteroatoms. The van der Waals surface area contributed by atoms with E-state index in [-0.39, 0.29) is 46.7 Å². The van der Waals surface area contributed by atoms with Crippen LogP contribution in [-0.4, -0.2) is 5.03 Å². The molecule has 1 aromatic rings. The van der Waals surface area contributed by atoms with E-state index in [9.17, 15) is 10.1 Å². The van der Waals surface area contributed by atoms with E-state index in [0.717, 1.165) is 0 Å². The Morgan fingerprint density at radius 3 is 2.07 bits per heavy atom. The van der Waals surface area contributed by atoms with Gasteiger partial charge in [0.25, 0.3) is 0 Å². The van der Waals surface area contributed by atoms with E-state index in [1.54, 1.807) is 0 Å². The average Bonchev–Trinajstić information content (AvgIpc) is 1.96. The Morgan fingerprint density at radius 2 is 1.71 bits per heavy atom. The molecule has 0 heterocycles. The van der Waals surface area contributed by atoms with Crippen molar-refractivity contribution >= 4 is 40.5 Å².